The fourth-order valence-corrected chi connectivity index (χ4v) is 3.07. The van der Waals surface area contributed by atoms with Gasteiger partial charge in [0, 0.05) is 18.3 Å². The Morgan fingerprint density at radius 2 is 1.84 bits per heavy atom. The predicted octanol–water partition coefficient (Wildman–Crippen LogP) is 2.98. The second-order valence-electron chi connectivity index (χ2n) is 8.21. The Labute approximate surface area is 195 Å². The van der Waals surface area contributed by atoms with E-state index in [2.05, 4.69) is 36.2 Å². The lowest BCUT2D eigenvalue weighted by molar-refractivity contribution is -0.138. The van der Waals surface area contributed by atoms with E-state index in [1.807, 2.05) is 0 Å². The summed E-state index contributed by atoms with van der Waals surface area (Å²) in [6.45, 7) is 7.57. The van der Waals surface area contributed by atoms with Crippen LogP contribution in [0.5, 0.6) is 5.75 Å². The van der Waals surface area contributed by atoms with E-state index in [-0.39, 0.29) is 11.5 Å². The maximum Gasteiger partial charge on any atom is 0.408 e. The van der Waals surface area contributed by atoms with Crippen molar-refractivity contribution in [2.75, 3.05) is 12.3 Å². The molecule has 0 aromatic heterocycles. The molecule has 0 heterocycles. The van der Waals surface area contributed by atoms with E-state index in [0.717, 1.165) is 24.2 Å². The first-order valence-corrected chi connectivity index (χ1v) is 11.1. The average Bonchev–Trinajstić information content (AvgIpc) is 2.72. The number of nitrogens with zero attached hydrogens (tertiary/aromatic N) is 1. The summed E-state index contributed by atoms with van der Waals surface area (Å²) >= 11 is 4.16. The summed E-state index contributed by atoms with van der Waals surface area (Å²) in [7, 11) is 0. The first kappa shape index (κ1) is 27.2. The van der Waals surface area contributed by atoms with E-state index in [0.29, 0.717) is 12.1 Å². The summed E-state index contributed by atoms with van der Waals surface area (Å²) < 4.78 is 5.20. The monoisotopic (exact) mass is 463 g/mol. The molecule has 2 atom stereocenters. The van der Waals surface area contributed by atoms with Crippen LogP contribution in [0.4, 0.5) is 4.79 Å². The van der Waals surface area contributed by atoms with Gasteiger partial charge in [0.25, 0.3) is 5.91 Å². The number of carbonyl (C=O) groups is 3. The molecule has 0 spiro atoms. The second-order valence-corrected chi connectivity index (χ2v) is 8.58. The number of amides is 3. The van der Waals surface area contributed by atoms with Crippen molar-refractivity contribution in [3.63, 3.8) is 0 Å². The van der Waals surface area contributed by atoms with Gasteiger partial charge in [0.1, 0.15) is 23.4 Å². The quantitative estimate of drug-likeness (QED) is 0.185. The molecular formula is C23H33N3O5S. The summed E-state index contributed by atoms with van der Waals surface area (Å²) in [6.07, 6.45) is 7.56. The smallest absolute Gasteiger partial charge is 0.408 e. The highest BCUT2D eigenvalue weighted by atomic mass is 32.1. The van der Waals surface area contributed by atoms with Gasteiger partial charge in [-0.2, -0.15) is 12.6 Å². The molecule has 0 bridgehead atoms. The van der Waals surface area contributed by atoms with E-state index < -0.39 is 35.6 Å². The third kappa shape index (κ3) is 8.71. The molecule has 1 aromatic rings. The largest absolute Gasteiger partial charge is 0.508 e. The van der Waals surface area contributed by atoms with E-state index in [9.17, 15) is 19.5 Å². The molecule has 2 unspecified atom stereocenters. The fourth-order valence-electron chi connectivity index (χ4n) is 2.83. The third-order valence-electron chi connectivity index (χ3n) is 4.34. The number of hydrogen-bond donors (Lipinski definition) is 4. The van der Waals surface area contributed by atoms with E-state index in [1.165, 1.54) is 24.3 Å². The fraction of sp³-hybridized carbons (Fsp3) is 0.522. The van der Waals surface area contributed by atoms with Gasteiger partial charge in [0.05, 0.1) is 0 Å². The van der Waals surface area contributed by atoms with Crippen molar-refractivity contribution in [1.29, 1.82) is 0 Å². The number of nitrogens with one attached hydrogen (secondary N) is 2. The molecule has 0 radical (unpaired) electrons. The van der Waals surface area contributed by atoms with Crippen LogP contribution in [0.1, 0.15) is 58.6 Å². The van der Waals surface area contributed by atoms with Crippen LogP contribution in [-0.2, 0) is 14.3 Å². The van der Waals surface area contributed by atoms with E-state index in [1.54, 1.807) is 20.8 Å². The van der Waals surface area contributed by atoms with Crippen molar-refractivity contribution in [2.24, 2.45) is 0 Å². The minimum Gasteiger partial charge on any atom is -0.508 e. The first-order valence-electron chi connectivity index (χ1n) is 10.5. The Morgan fingerprint density at radius 1 is 1.22 bits per heavy atom. The molecule has 9 heteroatoms. The highest BCUT2D eigenvalue weighted by Gasteiger charge is 2.35. The lowest BCUT2D eigenvalue weighted by atomic mass is 10.0. The topological polar surface area (TPSA) is 108 Å². The molecule has 32 heavy (non-hydrogen) atoms. The van der Waals surface area contributed by atoms with Gasteiger partial charge < -0.3 is 20.5 Å². The molecule has 1 rings (SSSR count). The second kappa shape index (κ2) is 12.9. The van der Waals surface area contributed by atoms with Gasteiger partial charge in [0.15, 0.2) is 0 Å². The Bertz CT molecular complexity index is 814. The molecule has 0 aliphatic rings. The highest BCUT2D eigenvalue weighted by Crippen LogP contribution is 2.24. The Kier molecular flexibility index (Phi) is 10.9. The molecule has 176 valence electrons. The minimum atomic E-state index is -1.16. The zero-order valence-corrected chi connectivity index (χ0v) is 19.9. The van der Waals surface area contributed by atoms with Gasteiger partial charge >= 0.3 is 6.09 Å². The van der Waals surface area contributed by atoms with Gasteiger partial charge in [0.2, 0.25) is 5.91 Å². The van der Waals surface area contributed by atoms with E-state index >= 15 is 0 Å². The number of carbonyl (C=O) groups excluding carboxylic acids is 3. The molecule has 0 fully saturated rings. The number of unbranched alkanes of at least 4 members (excludes halogenated alkanes) is 2. The lowest BCUT2D eigenvalue weighted by Crippen LogP contribution is -2.52. The Morgan fingerprint density at radius 3 is 2.34 bits per heavy atom. The first-order chi connectivity index (χ1) is 15.0. The average molecular weight is 464 g/mol. The van der Waals surface area contributed by atoms with Gasteiger partial charge in [-0.05, 0) is 44.9 Å². The zero-order chi connectivity index (χ0) is 24.3. The molecule has 0 saturated carbocycles. The lowest BCUT2D eigenvalue weighted by Gasteiger charge is -2.30. The number of ether oxygens (including phenoxy) is 1. The number of thiol groups is 1. The standard InChI is InChI=1S/C23H33N3O5S/c1-6-8-9-14-24-20(28)19(16-10-12-17(27)13-11-16)26(7-2)21(29)18(15-32)25-22(30)31-23(3,4)5/h2,10-13,18-19,27,32H,6,8-9,14-15H2,1,3-5H3,(H,24,28)(H,25,30). The number of aromatic hydroxyl groups is 1. The number of hydrogen-bond acceptors (Lipinski definition) is 6. The van der Waals surface area contributed by atoms with Crippen molar-refractivity contribution in [1.82, 2.24) is 15.5 Å². The molecule has 3 N–H and O–H groups in total. The molecule has 8 nitrogen and oxygen atoms in total. The number of phenols is 1. The summed E-state index contributed by atoms with van der Waals surface area (Å²) in [5, 5.41) is 14.9. The maximum absolute atomic E-state index is 13.2. The van der Waals surface area contributed by atoms with Crippen LogP contribution in [0, 0.1) is 12.5 Å². The maximum atomic E-state index is 13.2. The number of rotatable bonds is 10. The number of alkyl carbamates (subject to hydrolysis) is 1. The van der Waals surface area contributed by atoms with Crippen molar-refractivity contribution in [3.8, 4) is 18.2 Å². The van der Waals surface area contributed by atoms with Crippen LogP contribution < -0.4 is 10.6 Å². The van der Waals surface area contributed by atoms with E-state index in [4.69, 9.17) is 11.2 Å². The predicted molar refractivity (Wildman–Crippen MR) is 126 cm³/mol. The molecular weight excluding hydrogens is 430 g/mol. The van der Waals surface area contributed by atoms with Crippen molar-refractivity contribution < 1.29 is 24.2 Å². The number of benzene rings is 1. The molecule has 3 amide bonds. The van der Waals surface area contributed by atoms with Crippen molar-refractivity contribution in [3.05, 3.63) is 29.8 Å². The van der Waals surface area contributed by atoms with Crippen LogP contribution in [0.25, 0.3) is 0 Å². The van der Waals surface area contributed by atoms with Crippen LogP contribution in [-0.4, -0.2) is 51.9 Å². The highest BCUT2D eigenvalue weighted by molar-refractivity contribution is 7.80. The number of phenolic OH excluding ortho intramolecular Hbond substituents is 1. The van der Waals surface area contributed by atoms with Gasteiger partial charge in [-0.25, -0.2) is 4.79 Å². The molecule has 1 aromatic carbocycles. The summed E-state index contributed by atoms with van der Waals surface area (Å²) in [6, 6.07) is 5.83. The van der Waals surface area contributed by atoms with Crippen LogP contribution in [0.3, 0.4) is 0 Å². The zero-order valence-electron chi connectivity index (χ0n) is 19.1. The molecule has 0 aliphatic carbocycles. The Balaban J connectivity index is 3.16. The molecule has 0 saturated heterocycles. The summed E-state index contributed by atoms with van der Waals surface area (Å²) in [5.41, 5.74) is -0.343. The van der Waals surface area contributed by atoms with Gasteiger partial charge in [-0.15, -0.1) is 0 Å². The normalized spacial score (nSPS) is 12.8. The van der Waals surface area contributed by atoms with Crippen molar-refractivity contribution in [2.45, 2.75) is 64.6 Å². The van der Waals surface area contributed by atoms with Crippen LogP contribution >= 0.6 is 12.6 Å². The van der Waals surface area contributed by atoms with Crippen LogP contribution in [0.2, 0.25) is 0 Å². The Hall–Kier alpha value is -2.86. The minimum absolute atomic E-state index is 0.00858. The van der Waals surface area contributed by atoms with Crippen LogP contribution in [0.15, 0.2) is 24.3 Å². The summed E-state index contributed by atoms with van der Waals surface area (Å²) in [4.78, 5) is 39.3. The van der Waals surface area contributed by atoms with Gasteiger partial charge in [-0.1, -0.05) is 38.3 Å². The number of terminal acetylenes is 1. The van der Waals surface area contributed by atoms with Crippen molar-refractivity contribution >= 4 is 30.5 Å². The third-order valence-corrected chi connectivity index (χ3v) is 4.71. The molecule has 0 aliphatic heterocycles. The van der Waals surface area contributed by atoms with Gasteiger partial charge in [-0.3, -0.25) is 14.5 Å². The summed E-state index contributed by atoms with van der Waals surface area (Å²) in [5.74, 6) is -1.20. The SMILES string of the molecule is C#CN(C(=O)C(CS)NC(=O)OC(C)(C)C)C(C(=O)NCCCCC)c1ccc(O)cc1.